The topological polar surface area (TPSA) is 561 Å². The van der Waals surface area contributed by atoms with Gasteiger partial charge in [-0.2, -0.15) is 0 Å². The fourth-order valence-corrected chi connectivity index (χ4v) is 7.32. The Labute approximate surface area is 373 Å². The van der Waals surface area contributed by atoms with Crippen LogP contribution in [0.4, 0.5) is 17.6 Å². The Balaban J connectivity index is 0.000000366. The zero-order valence-corrected chi connectivity index (χ0v) is 34.5. The Morgan fingerprint density at radius 2 is 0.941 bits per heavy atom. The second kappa shape index (κ2) is 25.1. The van der Waals surface area contributed by atoms with Crippen LogP contribution in [0.3, 0.4) is 0 Å². The van der Waals surface area contributed by atoms with Crippen LogP contribution in [0.2, 0.25) is 0 Å². The molecule has 0 amide bonds. The Morgan fingerprint density at radius 3 is 1.40 bits per heavy atom. The minimum Gasteiger partial charge on any atom is -0.459 e. The summed E-state index contributed by atoms with van der Waals surface area (Å²) in [7, 11) is 0. The fraction of sp³-hybridized carbons (Fsp3) is 0.929. The third-order valence-electron chi connectivity index (χ3n) is 10.2. The lowest BCUT2D eigenvalue weighted by Crippen LogP contribution is -2.66. The number of carbonyl (C=O) groups excluding carboxylic acids is 2. The number of rotatable bonds is 16. The van der Waals surface area contributed by atoms with Gasteiger partial charge in [0, 0.05) is 53.1 Å². The monoisotopic (exact) mass is 976 g/mol. The zero-order chi connectivity index (χ0) is 50.9. The Kier molecular flexibility index (Phi) is 20.4. The van der Waals surface area contributed by atoms with Crippen LogP contribution in [-0.4, -0.2) is 167 Å². The number of carbonyl (C=O) groups is 2. The second-order valence-electron chi connectivity index (χ2n) is 14.3. The normalized spacial score (nSPS) is 36.4. The maximum absolute atomic E-state index is 15.4. The lowest BCUT2D eigenvalue weighted by molar-refractivity contribution is -0.322. The van der Waals surface area contributed by atoms with Crippen molar-refractivity contribution in [1.29, 1.82) is 0 Å². The van der Waals surface area contributed by atoms with Crippen LogP contribution in [0.15, 0.2) is 40.9 Å². The van der Waals surface area contributed by atoms with Crippen molar-refractivity contribution in [2.45, 2.75) is 148 Å². The van der Waals surface area contributed by atoms with Crippen LogP contribution >= 0.6 is 0 Å². The van der Waals surface area contributed by atoms with Gasteiger partial charge in [-0.15, -0.1) is 0 Å². The summed E-state index contributed by atoms with van der Waals surface area (Å²) in [6, 6.07) is -10.0. The zero-order valence-electron chi connectivity index (χ0n) is 34.5. The minimum absolute atomic E-state index is 0.308. The molecule has 2 aliphatic heterocycles. The lowest BCUT2D eigenvalue weighted by atomic mass is 9.84. The van der Waals surface area contributed by atoms with Gasteiger partial charge in [0.15, 0.2) is 30.8 Å². The van der Waals surface area contributed by atoms with Gasteiger partial charge < -0.3 is 48.8 Å². The van der Waals surface area contributed by atoms with Crippen molar-refractivity contribution in [2.75, 3.05) is 13.1 Å². The molecule has 4 rings (SSSR count). The Hall–Kier alpha value is -7.18. The van der Waals surface area contributed by atoms with Crippen molar-refractivity contribution in [3.05, 3.63) is 83.5 Å². The number of alkyl halides is 4. The van der Waals surface area contributed by atoms with E-state index < -0.39 is 147 Å². The molecule has 4 N–H and O–H groups in total. The third-order valence-corrected chi connectivity index (χ3v) is 10.2. The maximum Gasteiger partial charge on any atom is 0.303 e. The van der Waals surface area contributed by atoms with E-state index in [1.54, 1.807) is 0 Å². The van der Waals surface area contributed by atoms with E-state index >= 15 is 8.78 Å². The first kappa shape index (κ1) is 55.1. The molecular weight excluding hydrogens is 940 g/mol. The molecule has 40 heteroatoms. The molecule has 0 bridgehead atoms. The molecule has 2 aliphatic carbocycles. The number of esters is 2. The van der Waals surface area contributed by atoms with Gasteiger partial charge in [-0.25, -0.2) is 17.6 Å². The highest BCUT2D eigenvalue weighted by molar-refractivity contribution is 5.66. The van der Waals surface area contributed by atoms with Gasteiger partial charge in [-0.1, -0.05) is 40.9 Å². The second-order valence-corrected chi connectivity index (χ2v) is 14.3. The van der Waals surface area contributed by atoms with Crippen LogP contribution < -0.4 is 0 Å². The van der Waals surface area contributed by atoms with E-state index in [0.29, 0.717) is 0 Å². The Morgan fingerprint density at radius 1 is 0.544 bits per heavy atom. The van der Waals surface area contributed by atoms with Crippen molar-refractivity contribution < 1.29 is 76.0 Å². The molecule has 4 aliphatic rings. The summed E-state index contributed by atoms with van der Waals surface area (Å²) in [5.41, 5.74) is 69.7. The molecule has 2 saturated carbocycles. The number of halogens is 4. The van der Waals surface area contributed by atoms with E-state index in [1.165, 1.54) is 0 Å². The molecule has 2 saturated heterocycles. The van der Waals surface area contributed by atoms with Crippen LogP contribution in [-0.2, 0) is 38.0 Å². The number of aliphatic hydroxyl groups excluding tert-OH is 4. The van der Waals surface area contributed by atoms with Crippen LogP contribution in [0, 0.1) is 0 Å². The summed E-state index contributed by atoms with van der Waals surface area (Å²) >= 11 is 0. The smallest absolute Gasteiger partial charge is 0.303 e. The lowest BCUT2D eigenvalue weighted by Gasteiger charge is -2.47. The van der Waals surface area contributed by atoms with E-state index in [1.807, 2.05) is 0 Å². The fourth-order valence-electron chi connectivity index (χ4n) is 7.32. The van der Waals surface area contributed by atoms with Crippen molar-refractivity contribution in [3.8, 4) is 0 Å². The summed E-state index contributed by atoms with van der Waals surface area (Å²) in [6.45, 7) is 0.330. The van der Waals surface area contributed by atoms with E-state index in [0.717, 1.165) is 13.8 Å². The highest BCUT2D eigenvalue weighted by Crippen LogP contribution is 2.42. The molecule has 0 aromatic carbocycles. The summed E-state index contributed by atoms with van der Waals surface area (Å²) < 4.78 is 91.3. The molecular formula is C28H36F4N24O12. The first-order chi connectivity index (χ1) is 32.2. The minimum atomic E-state index is -4.15. The molecule has 4 fully saturated rings. The summed E-state index contributed by atoms with van der Waals surface area (Å²) in [6.07, 6.45) is -23.8. The predicted octanol–water partition coefficient (Wildman–Crippen LogP) is 4.27. The van der Waals surface area contributed by atoms with Crippen LogP contribution in [0.25, 0.3) is 83.5 Å². The largest absolute Gasteiger partial charge is 0.459 e. The number of hydrogen-bond donors (Lipinski definition) is 4. The number of hydrogen-bond acceptors (Lipinski definition) is 20. The van der Waals surface area contributed by atoms with Gasteiger partial charge in [0.2, 0.25) is 0 Å². The van der Waals surface area contributed by atoms with Gasteiger partial charge in [-0.3, -0.25) is 9.59 Å². The maximum atomic E-state index is 15.4. The summed E-state index contributed by atoms with van der Waals surface area (Å²) in [5.74, 6) is -10.3. The average molecular weight is 977 g/mol. The van der Waals surface area contributed by atoms with Crippen molar-refractivity contribution in [1.82, 2.24) is 0 Å². The van der Waals surface area contributed by atoms with Crippen molar-refractivity contribution >= 4 is 11.9 Å². The summed E-state index contributed by atoms with van der Waals surface area (Å²) in [5, 5.41) is 66.9. The van der Waals surface area contributed by atoms with Crippen LogP contribution in [0.5, 0.6) is 0 Å². The first-order valence-corrected chi connectivity index (χ1v) is 18.9. The standard InChI is InChI=1S/C16H20F2N12O7.C12H16F2N12O5/c1-5(31)34-11-7(24-28-20)3-8(25-29-21)12(10(11)33)37-15-13(26-30-22)16(17,18)14(35-6(2)32)9(36-15)4-23-27-19;13-12(14)9(22-26-18)11(30-5(10(12)29)2-19-23-15)31-8-4(21-25-17)1-3(20-24-16)6(27)7(8)28/h7-15,33H,3-4H2,1-2H3;3-11,27-29H,1-2H2/t7-,8+,9-,10-,11+,12-,13+,14-,15-;3-,4+,5-,6+,7-,8-,9+,10-,11-/m11/s1. The number of ether oxygens (including phenoxy) is 6. The van der Waals surface area contributed by atoms with Gasteiger partial charge in [0.25, 0.3) is 11.8 Å². The first-order valence-electron chi connectivity index (χ1n) is 18.9. The number of azide groups is 8. The number of aliphatic hydroxyl groups is 4. The van der Waals surface area contributed by atoms with E-state index in [-0.39, 0.29) is 12.8 Å². The van der Waals surface area contributed by atoms with Gasteiger partial charge in [0.05, 0.1) is 61.7 Å². The van der Waals surface area contributed by atoms with Crippen molar-refractivity contribution in [3.63, 3.8) is 0 Å². The highest BCUT2D eigenvalue weighted by Gasteiger charge is 2.63. The molecule has 0 aromatic heterocycles. The quantitative estimate of drug-likeness (QED) is 0.0554. The van der Waals surface area contributed by atoms with Gasteiger partial charge in [-0.05, 0) is 57.1 Å². The number of nitrogens with zero attached hydrogens (tertiary/aromatic N) is 24. The Bertz CT molecular complexity index is 2230. The third kappa shape index (κ3) is 13.0. The molecule has 36 nitrogen and oxygen atoms in total. The van der Waals surface area contributed by atoms with E-state index in [9.17, 15) is 38.8 Å². The highest BCUT2D eigenvalue weighted by atomic mass is 19.3. The molecule has 0 radical (unpaired) electrons. The SMILES string of the molecule is CC(=O)O[C@@H]1[C@@H](O)[C@H](O[C@H]2O[C@H](CN=[N+]=[N-])[C@@H](OC(C)=O)C(F)(F)[C@H]2N=[N+]=[N-])[C@@H](N=[N+]=[N-])C[C@H]1N=[N+]=[N-].[N-]=[N+]=NC[C@H]1O[C@H](O[C@H]2[C@H](O)[C@@H](O)[C@H](N=[N+]=[N-])C[C@@H]2N=[N+]=[N-])[C@H](N=[N+]=[N-])C(F)(F)[C@@H]1O. The molecule has 0 unspecified atom stereocenters. The van der Waals surface area contributed by atoms with Gasteiger partial charge >= 0.3 is 11.9 Å². The molecule has 368 valence electrons. The van der Waals surface area contributed by atoms with E-state index in [4.69, 9.17) is 67.9 Å². The predicted molar refractivity (Wildman–Crippen MR) is 207 cm³/mol. The van der Waals surface area contributed by atoms with Gasteiger partial charge in [0.1, 0.15) is 30.5 Å². The van der Waals surface area contributed by atoms with Crippen molar-refractivity contribution in [2.24, 2.45) is 40.9 Å². The molecule has 2 heterocycles. The molecule has 0 spiro atoms. The molecule has 18 atom stereocenters. The molecule has 0 aromatic rings. The molecule has 68 heavy (non-hydrogen) atoms. The average Bonchev–Trinajstić information content (AvgIpc) is 3.27. The van der Waals surface area contributed by atoms with Crippen LogP contribution in [0.1, 0.15) is 26.7 Å². The van der Waals surface area contributed by atoms with E-state index in [2.05, 4.69) is 84.9 Å². The summed E-state index contributed by atoms with van der Waals surface area (Å²) in [4.78, 5) is 42.8.